The van der Waals surface area contributed by atoms with Crippen molar-refractivity contribution in [2.45, 2.75) is 39.0 Å². The molecule has 14 heavy (non-hydrogen) atoms. The molecule has 0 unspecified atom stereocenters. The van der Waals surface area contributed by atoms with Crippen LogP contribution in [0.3, 0.4) is 0 Å². The number of rotatable bonds is 4. The third-order valence-corrected chi connectivity index (χ3v) is 2.81. The molecule has 1 aromatic carbocycles. The maximum Gasteiger partial charge on any atom is 0.129 e. The highest BCUT2D eigenvalue weighted by Crippen LogP contribution is 2.20. The molecule has 0 aliphatic rings. The smallest absolute Gasteiger partial charge is 0.129 e. The Labute approximate surface area is 90.1 Å². The van der Waals surface area contributed by atoms with Crippen LogP contribution in [0.2, 0.25) is 0 Å². The molecule has 0 heterocycles. The molecular weight excluding hydrogens is 199 g/mol. The van der Waals surface area contributed by atoms with Gasteiger partial charge in [-0.3, -0.25) is 0 Å². The quantitative estimate of drug-likeness (QED) is 0.659. The lowest BCUT2D eigenvalue weighted by Crippen LogP contribution is -1.97. The molecular formula is C12H16ClF. The lowest BCUT2D eigenvalue weighted by atomic mass is 10.0. The Bertz CT molecular complexity index is 307. The first-order valence-corrected chi connectivity index (χ1v) is 5.57. The van der Waals surface area contributed by atoms with Crippen molar-refractivity contribution in [3.8, 4) is 0 Å². The molecule has 0 aliphatic carbocycles. The fourth-order valence-corrected chi connectivity index (χ4v) is 1.78. The lowest BCUT2D eigenvalue weighted by Gasteiger charge is -2.08. The van der Waals surface area contributed by atoms with E-state index >= 15 is 0 Å². The van der Waals surface area contributed by atoms with Crippen LogP contribution in [-0.4, -0.2) is 0 Å². The average molecular weight is 215 g/mol. The number of alkyl halides is 1. The van der Waals surface area contributed by atoms with Crippen molar-refractivity contribution in [3.63, 3.8) is 0 Å². The summed E-state index contributed by atoms with van der Waals surface area (Å²) >= 11 is 5.69. The predicted molar refractivity (Wildman–Crippen MR) is 59.3 cm³/mol. The van der Waals surface area contributed by atoms with Crippen LogP contribution in [0.4, 0.5) is 4.39 Å². The standard InChI is InChI=1S/C12H16ClF/c1-3-4-5-10-6-7-11(8-13)9(2)12(10)14/h6-7H,3-5,8H2,1-2H3. The van der Waals surface area contributed by atoms with Gasteiger partial charge in [-0.15, -0.1) is 11.6 Å². The van der Waals surface area contributed by atoms with Crippen LogP contribution in [0, 0.1) is 12.7 Å². The van der Waals surface area contributed by atoms with E-state index in [1.54, 1.807) is 6.92 Å². The van der Waals surface area contributed by atoms with Crippen molar-refractivity contribution >= 4 is 11.6 Å². The van der Waals surface area contributed by atoms with Crippen molar-refractivity contribution in [1.29, 1.82) is 0 Å². The summed E-state index contributed by atoms with van der Waals surface area (Å²) in [5.74, 6) is 0.313. The third-order valence-electron chi connectivity index (χ3n) is 2.52. The maximum atomic E-state index is 13.7. The SMILES string of the molecule is CCCCc1ccc(CCl)c(C)c1F. The van der Waals surface area contributed by atoms with Crippen LogP contribution in [0.5, 0.6) is 0 Å². The van der Waals surface area contributed by atoms with Gasteiger partial charge in [0.05, 0.1) is 0 Å². The number of hydrogen-bond donors (Lipinski definition) is 0. The van der Waals surface area contributed by atoms with Gasteiger partial charge < -0.3 is 0 Å². The van der Waals surface area contributed by atoms with E-state index < -0.39 is 0 Å². The van der Waals surface area contributed by atoms with E-state index in [-0.39, 0.29) is 5.82 Å². The molecule has 0 bridgehead atoms. The molecule has 0 saturated carbocycles. The van der Waals surface area contributed by atoms with Crippen LogP contribution >= 0.6 is 11.6 Å². The number of benzene rings is 1. The molecule has 0 fully saturated rings. The van der Waals surface area contributed by atoms with E-state index in [1.165, 1.54) is 0 Å². The van der Waals surface area contributed by atoms with E-state index in [2.05, 4.69) is 6.92 Å². The van der Waals surface area contributed by atoms with Gasteiger partial charge in [-0.1, -0.05) is 25.5 Å². The van der Waals surface area contributed by atoms with Gasteiger partial charge in [0.25, 0.3) is 0 Å². The van der Waals surface area contributed by atoms with E-state index in [1.807, 2.05) is 12.1 Å². The first kappa shape index (κ1) is 11.5. The second kappa shape index (κ2) is 5.35. The number of unbranched alkanes of at least 4 members (excludes halogenated alkanes) is 1. The van der Waals surface area contributed by atoms with Crippen molar-refractivity contribution in [2.24, 2.45) is 0 Å². The molecule has 1 rings (SSSR count). The monoisotopic (exact) mass is 214 g/mol. The fraction of sp³-hybridized carbons (Fsp3) is 0.500. The van der Waals surface area contributed by atoms with Crippen molar-refractivity contribution < 1.29 is 4.39 Å². The molecule has 0 saturated heterocycles. The van der Waals surface area contributed by atoms with E-state index in [0.717, 1.165) is 30.4 Å². The normalized spacial score (nSPS) is 10.6. The summed E-state index contributed by atoms with van der Waals surface area (Å²) in [6, 6.07) is 3.78. The van der Waals surface area contributed by atoms with Crippen LogP contribution in [0.25, 0.3) is 0 Å². The van der Waals surface area contributed by atoms with Crippen molar-refractivity contribution in [1.82, 2.24) is 0 Å². The second-order valence-corrected chi connectivity index (χ2v) is 3.83. The van der Waals surface area contributed by atoms with Crippen molar-refractivity contribution in [2.75, 3.05) is 0 Å². The van der Waals surface area contributed by atoms with Crippen molar-refractivity contribution in [3.05, 3.63) is 34.6 Å². The molecule has 1 aromatic rings. The summed E-state index contributed by atoms with van der Waals surface area (Å²) < 4.78 is 13.7. The summed E-state index contributed by atoms with van der Waals surface area (Å²) in [6.07, 6.45) is 2.96. The summed E-state index contributed by atoms with van der Waals surface area (Å²) in [6.45, 7) is 3.90. The molecule has 0 radical (unpaired) electrons. The maximum absolute atomic E-state index is 13.7. The van der Waals surface area contributed by atoms with E-state index in [9.17, 15) is 4.39 Å². The first-order valence-electron chi connectivity index (χ1n) is 5.03. The minimum Gasteiger partial charge on any atom is -0.206 e. The first-order chi connectivity index (χ1) is 6.70. The highest BCUT2D eigenvalue weighted by molar-refractivity contribution is 6.17. The molecule has 2 heteroatoms. The van der Waals surface area contributed by atoms with Gasteiger partial charge in [0.15, 0.2) is 0 Å². The van der Waals surface area contributed by atoms with Crippen LogP contribution in [0.1, 0.15) is 36.5 Å². The fourth-order valence-electron chi connectivity index (χ4n) is 1.49. The number of halogens is 2. The van der Waals surface area contributed by atoms with E-state index in [0.29, 0.717) is 11.4 Å². The molecule has 0 amide bonds. The Morgan fingerprint density at radius 2 is 1.93 bits per heavy atom. The molecule has 0 N–H and O–H groups in total. The summed E-state index contributed by atoms with van der Waals surface area (Å²) in [5, 5.41) is 0. The van der Waals surface area contributed by atoms with Crippen LogP contribution in [0.15, 0.2) is 12.1 Å². The largest absolute Gasteiger partial charge is 0.206 e. The van der Waals surface area contributed by atoms with Gasteiger partial charge in [0, 0.05) is 5.88 Å². The van der Waals surface area contributed by atoms with Gasteiger partial charge in [-0.2, -0.15) is 0 Å². The zero-order chi connectivity index (χ0) is 10.6. The molecule has 78 valence electrons. The summed E-state index contributed by atoms with van der Waals surface area (Å²) in [5.41, 5.74) is 2.41. The Balaban J connectivity index is 2.92. The van der Waals surface area contributed by atoms with Gasteiger partial charge in [0.2, 0.25) is 0 Å². The van der Waals surface area contributed by atoms with Crippen LogP contribution in [-0.2, 0) is 12.3 Å². The average Bonchev–Trinajstić information content (AvgIpc) is 2.20. The van der Waals surface area contributed by atoms with E-state index in [4.69, 9.17) is 11.6 Å². The molecule has 0 nitrogen and oxygen atoms in total. The van der Waals surface area contributed by atoms with Gasteiger partial charge in [0.1, 0.15) is 5.82 Å². The lowest BCUT2D eigenvalue weighted by molar-refractivity contribution is 0.593. The number of hydrogen-bond acceptors (Lipinski definition) is 0. The molecule has 0 atom stereocenters. The Hall–Kier alpha value is -0.560. The zero-order valence-electron chi connectivity index (χ0n) is 8.74. The van der Waals surface area contributed by atoms with Gasteiger partial charge in [-0.05, 0) is 36.5 Å². The predicted octanol–water partition coefficient (Wildman–Crippen LogP) is 4.22. The minimum absolute atomic E-state index is 0.0726. The molecule has 0 aromatic heterocycles. The Kier molecular flexibility index (Phi) is 4.40. The molecule has 0 aliphatic heterocycles. The Morgan fingerprint density at radius 1 is 1.29 bits per heavy atom. The topological polar surface area (TPSA) is 0 Å². The number of aryl methyl sites for hydroxylation is 1. The van der Waals surface area contributed by atoms with Crippen LogP contribution < -0.4 is 0 Å². The Morgan fingerprint density at radius 3 is 2.50 bits per heavy atom. The second-order valence-electron chi connectivity index (χ2n) is 3.56. The summed E-state index contributed by atoms with van der Waals surface area (Å²) in [7, 11) is 0. The third kappa shape index (κ3) is 2.48. The highest BCUT2D eigenvalue weighted by atomic mass is 35.5. The minimum atomic E-state index is -0.0726. The van der Waals surface area contributed by atoms with Gasteiger partial charge >= 0.3 is 0 Å². The zero-order valence-corrected chi connectivity index (χ0v) is 9.49. The summed E-state index contributed by atoms with van der Waals surface area (Å²) in [4.78, 5) is 0. The highest BCUT2D eigenvalue weighted by Gasteiger charge is 2.08. The molecule has 0 spiro atoms. The van der Waals surface area contributed by atoms with Gasteiger partial charge in [-0.25, -0.2) is 4.39 Å².